The smallest absolute Gasteiger partial charge is 0.121 e. The van der Waals surface area contributed by atoms with Crippen molar-refractivity contribution in [2.24, 2.45) is 0 Å². The summed E-state index contributed by atoms with van der Waals surface area (Å²) in [6.07, 6.45) is 2.07. The molecule has 0 heterocycles. The Hall–Kier alpha value is 0.307. The Bertz CT molecular complexity index is 318. The maximum Gasteiger partial charge on any atom is 0.373 e. The molecule has 1 aromatic carbocycles. The molecule has 0 saturated carbocycles. The molecule has 0 atom stereocenters. The van der Waals surface area contributed by atoms with E-state index in [9.17, 15) is 0 Å². The highest BCUT2D eigenvalue weighted by molar-refractivity contribution is 7.69. The van der Waals surface area contributed by atoms with Crippen LogP contribution < -0.4 is 5.19 Å². The van der Waals surface area contributed by atoms with Gasteiger partial charge in [0.2, 0.25) is 0 Å². The Balaban J connectivity index is 3.21. The van der Waals surface area contributed by atoms with Crippen molar-refractivity contribution >= 4 is 44.4 Å². The number of halogens is 3. The van der Waals surface area contributed by atoms with Crippen LogP contribution in [0.4, 0.5) is 0 Å². The highest BCUT2D eigenvalue weighted by Crippen LogP contribution is 2.23. The van der Waals surface area contributed by atoms with E-state index in [4.69, 9.17) is 33.2 Å². The molecule has 0 nitrogen and oxygen atoms in total. The van der Waals surface area contributed by atoms with E-state index < -0.39 is 6.00 Å². The molecule has 0 aliphatic heterocycles. The van der Waals surface area contributed by atoms with Crippen LogP contribution in [0.3, 0.4) is 0 Å². The molecule has 1 aromatic rings. The summed E-state index contributed by atoms with van der Waals surface area (Å²) in [5.74, 6) is 0. The largest absolute Gasteiger partial charge is 0.373 e. The van der Waals surface area contributed by atoms with Gasteiger partial charge in [-0.05, 0) is 29.7 Å². The van der Waals surface area contributed by atoms with E-state index in [0.29, 0.717) is 0 Å². The van der Waals surface area contributed by atoms with Gasteiger partial charge < -0.3 is 0 Å². The third-order valence-corrected chi connectivity index (χ3v) is 5.13. The molecule has 0 bridgehead atoms. The first-order valence-corrected chi connectivity index (χ1v) is 9.66. The van der Waals surface area contributed by atoms with Gasteiger partial charge in [0.05, 0.1) is 0 Å². The van der Waals surface area contributed by atoms with Crippen LogP contribution in [0.25, 0.3) is 0 Å². The molecule has 0 amide bonds. The first-order valence-electron chi connectivity index (χ1n) is 4.62. The number of hydrogen-bond donors (Lipinski definition) is 0. The minimum atomic E-state index is -2.73. The minimum absolute atomic E-state index is 0.948. The van der Waals surface area contributed by atoms with E-state index in [1.54, 1.807) is 0 Å². The predicted molar refractivity (Wildman–Crippen MR) is 68.1 cm³/mol. The van der Waals surface area contributed by atoms with Crippen LogP contribution in [0.2, 0.25) is 0 Å². The van der Waals surface area contributed by atoms with Gasteiger partial charge in [0.1, 0.15) is 0 Å². The molecule has 0 fully saturated rings. The van der Waals surface area contributed by atoms with E-state index in [2.05, 4.69) is 19.9 Å². The lowest BCUT2D eigenvalue weighted by Crippen LogP contribution is -2.34. The summed E-state index contributed by atoms with van der Waals surface area (Å²) in [5.41, 5.74) is 2.45. The van der Waals surface area contributed by atoms with Gasteiger partial charge in [-0.25, -0.2) is 0 Å². The lowest BCUT2D eigenvalue weighted by Gasteiger charge is -2.16. The van der Waals surface area contributed by atoms with Gasteiger partial charge in [-0.1, -0.05) is 31.5 Å². The Morgan fingerprint density at radius 1 is 1.21 bits per heavy atom. The van der Waals surface area contributed by atoms with Crippen LogP contribution in [-0.2, 0) is 6.42 Å². The van der Waals surface area contributed by atoms with Crippen molar-refractivity contribution in [3.8, 4) is 0 Å². The van der Waals surface area contributed by atoms with Gasteiger partial charge >= 0.3 is 6.00 Å². The van der Waals surface area contributed by atoms with Crippen molar-refractivity contribution in [1.29, 1.82) is 0 Å². The quantitative estimate of drug-likeness (QED) is 0.577. The van der Waals surface area contributed by atoms with Gasteiger partial charge in [0.15, 0.2) is 0 Å². The number of benzene rings is 1. The van der Waals surface area contributed by atoms with E-state index in [-0.39, 0.29) is 0 Å². The van der Waals surface area contributed by atoms with Crippen LogP contribution in [0, 0.1) is 6.92 Å². The van der Waals surface area contributed by atoms with E-state index in [0.717, 1.165) is 18.0 Å². The molecule has 0 N–H and O–H groups in total. The molecule has 0 aliphatic rings. The fourth-order valence-corrected chi connectivity index (χ4v) is 4.09. The highest BCUT2D eigenvalue weighted by Gasteiger charge is 2.30. The van der Waals surface area contributed by atoms with Crippen molar-refractivity contribution in [1.82, 2.24) is 0 Å². The third kappa shape index (κ3) is 2.90. The topological polar surface area (TPSA) is 0 Å². The average Bonchev–Trinajstić information content (AvgIpc) is 2.07. The normalized spacial score (nSPS) is 11.8. The van der Waals surface area contributed by atoms with Gasteiger partial charge in [0, 0.05) is 0 Å². The molecule has 0 saturated heterocycles. The number of hydrogen-bond acceptors (Lipinski definition) is 0. The lowest BCUT2D eigenvalue weighted by atomic mass is 10.0. The van der Waals surface area contributed by atoms with Crippen LogP contribution in [-0.4, -0.2) is 6.00 Å². The minimum Gasteiger partial charge on any atom is -0.121 e. The monoisotopic (exact) mass is 266 g/mol. The van der Waals surface area contributed by atoms with Gasteiger partial charge in [-0.2, -0.15) is 0 Å². The summed E-state index contributed by atoms with van der Waals surface area (Å²) in [6.45, 7) is 4.20. The zero-order valence-electron chi connectivity index (χ0n) is 8.28. The van der Waals surface area contributed by atoms with Gasteiger partial charge in [-0.15, -0.1) is 33.2 Å². The fraction of sp³-hybridized carbons (Fsp3) is 0.400. The van der Waals surface area contributed by atoms with Crippen molar-refractivity contribution in [2.45, 2.75) is 26.7 Å². The van der Waals surface area contributed by atoms with Crippen LogP contribution in [0.15, 0.2) is 18.2 Å². The Labute approximate surface area is 100 Å². The molecular formula is C10H13Cl3Si. The summed E-state index contributed by atoms with van der Waals surface area (Å²) >= 11 is 18.1. The maximum atomic E-state index is 6.04. The molecule has 0 unspecified atom stereocenters. The molecular weight excluding hydrogens is 255 g/mol. The Morgan fingerprint density at radius 3 is 2.36 bits per heavy atom. The second-order valence-corrected chi connectivity index (χ2v) is 11.7. The van der Waals surface area contributed by atoms with Crippen LogP contribution in [0.5, 0.6) is 0 Å². The molecule has 0 radical (unpaired) electrons. The summed E-state index contributed by atoms with van der Waals surface area (Å²) in [6, 6.07) is 3.24. The van der Waals surface area contributed by atoms with E-state index >= 15 is 0 Å². The third-order valence-electron chi connectivity index (χ3n) is 2.22. The van der Waals surface area contributed by atoms with Crippen molar-refractivity contribution in [3.63, 3.8) is 0 Å². The zero-order chi connectivity index (χ0) is 10.8. The molecule has 14 heavy (non-hydrogen) atoms. The Kier molecular flexibility index (Phi) is 4.32. The molecule has 0 spiro atoms. The second kappa shape index (κ2) is 4.89. The van der Waals surface area contributed by atoms with Crippen LogP contribution in [0.1, 0.15) is 24.5 Å². The Morgan fingerprint density at radius 2 is 1.86 bits per heavy atom. The second-order valence-electron chi connectivity index (χ2n) is 3.35. The van der Waals surface area contributed by atoms with Crippen LogP contribution >= 0.6 is 33.2 Å². The summed E-state index contributed by atoms with van der Waals surface area (Å²) < 4.78 is 0. The number of rotatable bonds is 3. The standard InChI is InChI=1S/C10H13Cl3Si/c1-3-5-9-8(2)6-4-7-10(9)14(11,12)13/h4,6-7H,3,5H2,1-2H3. The molecule has 1 rings (SSSR count). The highest BCUT2D eigenvalue weighted by atomic mass is 35.8. The molecule has 0 aromatic heterocycles. The predicted octanol–water partition coefficient (Wildman–Crippen LogP) is 3.81. The fourth-order valence-electron chi connectivity index (χ4n) is 1.55. The summed E-state index contributed by atoms with van der Waals surface area (Å²) in [5, 5.41) is 0.948. The van der Waals surface area contributed by atoms with Crippen molar-refractivity contribution in [3.05, 3.63) is 29.3 Å². The van der Waals surface area contributed by atoms with Gasteiger partial charge in [-0.3, -0.25) is 0 Å². The van der Waals surface area contributed by atoms with E-state index in [1.165, 1.54) is 11.1 Å². The number of aryl methyl sites for hydroxylation is 1. The average molecular weight is 268 g/mol. The van der Waals surface area contributed by atoms with Crippen molar-refractivity contribution < 1.29 is 0 Å². The first-order chi connectivity index (χ1) is 6.46. The zero-order valence-corrected chi connectivity index (χ0v) is 11.5. The maximum absolute atomic E-state index is 6.04. The summed E-state index contributed by atoms with van der Waals surface area (Å²) in [7, 11) is 0. The van der Waals surface area contributed by atoms with Crippen molar-refractivity contribution in [2.75, 3.05) is 0 Å². The molecule has 0 aliphatic carbocycles. The lowest BCUT2D eigenvalue weighted by molar-refractivity contribution is 0.918. The van der Waals surface area contributed by atoms with E-state index in [1.807, 2.05) is 12.1 Å². The molecule has 78 valence electrons. The molecule has 4 heteroatoms. The SMILES string of the molecule is CCCc1c(C)cccc1[Si](Cl)(Cl)Cl. The van der Waals surface area contributed by atoms with Gasteiger partial charge in [0.25, 0.3) is 0 Å². The summed E-state index contributed by atoms with van der Waals surface area (Å²) in [4.78, 5) is 0. The first kappa shape index (κ1) is 12.4.